The van der Waals surface area contributed by atoms with Crippen molar-refractivity contribution in [2.45, 2.75) is 12.5 Å². The van der Waals surface area contributed by atoms with Gasteiger partial charge >= 0.3 is 0 Å². The van der Waals surface area contributed by atoms with Crippen molar-refractivity contribution in [3.05, 3.63) is 41.9 Å². The van der Waals surface area contributed by atoms with Crippen LogP contribution in [0.4, 0.5) is 5.82 Å². The van der Waals surface area contributed by atoms with E-state index in [4.69, 9.17) is 5.73 Å². The molecule has 2 aromatic rings. The predicted octanol–water partition coefficient (Wildman–Crippen LogP) is 0.900. The number of likely N-dealkylation sites (N-methyl/N-ethyl adjacent to an activating group) is 1. The molecule has 0 saturated carbocycles. The molecule has 5 nitrogen and oxygen atoms in total. The first kappa shape index (κ1) is 11.6. The number of anilines is 1. The third-order valence-electron chi connectivity index (χ3n) is 2.79. The van der Waals surface area contributed by atoms with Gasteiger partial charge in [0.05, 0.1) is 11.7 Å². The standard InChI is InChI=1S/C12H17N5/c1-14-11(10-5-7-17(2)16-10)8-9-4-3-6-15-12(9)13/h3-7,11,14H,8H2,1-2H3,(H2,13,15). The van der Waals surface area contributed by atoms with Crippen LogP contribution in [-0.2, 0) is 13.5 Å². The molecule has 0 amide bonds. The fourth-order valence-corrected chi connectivity index (χ4v) is 1.82. The van der Waals surface area contributed by atoms with Crippen LogP contribution in [0.2, 0.25) is 0 Å². The molecular formula is C12H17N5. The third kappa shape index (κ3) is 2.62. The van der Waals surface area contributed by atoms with E-state index >= 15 is 0 Å². The molecule has 0 aliphatic rings. The Hall–Kier alpha value is -1.88. The van der Waals surface area contributed by atoms with Crippen LogP contribution in [0.5, 0.6) is 0 Å². The van der Waals surface area contributed by atoms with E-state index in [1.54, 1.807) is 10.9 Å². The molecule has 3 N–H and O–H groups in total. The smallest absolute Gasteiger partial charge is 0.126 e. The fourth-order valence-electron chi connectivity index (χ4n) is 1.82. The molecule has 0 fully saturated rings. The molecule has 5 heteroatoms. The summed E-state index contributed by atoms with van der Waals surface area (Å²) in [5.74, 6) is 0.587. The summed E-state index contributed by atoms with van der Waals surface area (Å²) in [6.07, 6.45) is 4.42. The van der Waals surface area contributed by atoms with Crippen molar-refractivity contribution < 1.29 is 0 Å². The highest BCUT2D eigenvalue weighted by Gasteiger charge is 2.14. The number of aromatic nitrogens is 3. The summed E-state index contributed by atoms with van der Waals surface area (Å²) in [6, 6.07) is 6.06. The SMILES string of the molecule is CNC(Cc1cccnc1N)c1ccn(C)n1. The number of hydrogen-bond acceptors (Lipinski definition) is 4. The Labute approximate surface area is 101 Å². The molecular weight excluding hydrogens is 214 g/mol. The molecule has 0 aromatic carbocycles. The van der Waals surface area contributed by atoms with Gasteiger partial charge in [-0.15, -0.1) is 0 Å². The van der Waals surface area contributed by atoms with Crippen molar-refractivity contribution in [2.75, 3.05) is 12.8 Å². The van der Waals surface area contributed by atoms with Crippen molar-refractivity contribution in [1.29, 1.82) is 0 Å². The number of nitrogens with two attached hydrogens (primary N) is 1. The van der Waals surface area contributed by atoms with Crippen LogP contribution in [0.15, 0.2) is 30.6 Å². The van der Waals surface area contributed by atoms with Crippen LogP contribution >= 0.6 is 0 Å². The largest absolute Gasteiger partial charge is 0.383 e. The molecule has 1 atom stereocenters. The van der Waals surface area contributed by atoms with Crippen LogP contribution < -0.4 is 11.1 Å². The second-order valence-corrected chi connectivity index (χ2v) is 4.01. The van der Waals surface area contributed by atoms with Gasteiger partial charge in [0.2, 0.25) is 0 Å². The zero-order valence-electron chi connectivity index (χ0n) is 10.1. The lowest BCUT2D eigenvalue weighted by Gasteiger charge is -2.14. The lowest BCUT2D eigenvalue weighted by molar-refractivity contribution is 0.563. The number of nitrogen functional groups attached to an aromatic ring is 1. The second-order valence-electron chi connectivity index (χ2n) is 4.01. The number of rotatable bonds is 4. The first-order valence-electron chi connectivity index (χ1n) is 5.57. The van der Waals surface area contributed by atoms with Crippen molar-refractivity contribution >= 4 is 5.82 Å². The topological polar surface area (TPSA) is 68.8 Å². The molecule has 0 spiro atoms. The molecule has 17 heavy (non-hydrogen) atoms. The summed E-state index contributed by atoms with van der Waals surface area (Å²) in [4.78, 5) is 4.09. The minimum atomic E-state index is 0.155. The number of nitrogens with zero attached hydrogens (tertiary/aromatic N) is 3. The summed E-state index contributed by atoms with van der Waals surface area (Å²) in [5, 5.41) is 7.65. The average Bonchev–Trinajstić information content (AvgIpc) is 2.75. The first-order valence-corrected chi connectivity index (χ1v) is 5.57. The number of hydrogen-bond donors (Lipinski definition) is 2. The highest BCUT2D eigenvalue weighted by atomic mass is 15.3. The summed E-state index contributed by atoms with van der Waals surface area (Å²) < 4.78 is 1.80. The number of pyridine rings is 1. The Balaban J connectivity index is 2.18. The van der Waals surface area contributed by atoms with Gasteiger partial charge in [-0.3, -0.25) is 4.68 Å². The van der Waals surface area contributed by atoms with E-state index in [0.717, 1.165) is 17.7 Å². The molecule has 1 unspecified atom stereocenters. The molecule has 90 valence electrons. The third-order valence-corrected chi connectivity index (χ3v) is 2.79. The molecule has 0 bridgehead atoms. The molecule has 2 heterocycles. The van der Waals surface area contributed by atoms with Crippen LogP contribution in [0.25, 0.3) is 0 Å². The first-order chi connectivity index (χ1) is 8.20. The Morgan fingerprint density at radius 1 is 1.47 bits per heavy atom. The van der Waals surface area contributed by atoms with Gasteiger partial charge in [0.1, 0.15) is 5.82 Å². The highest BCUT2D eigenvalue weighted by Crippen LogP contribution is 2.18. The van der Waals surface area contributed by atoms with Gasteiger partial charge < -0.3 is 11.1 Å². The van der Waals surface area contributed by atoms with E-state index in [0.29, 0.717) is 5.82 Å². The zero-order valence-corrected chi connectivity index (χ0v) is 10.1. The second kappa shape index (κ2) is 4.97. The minimum Gasteiger partial charge on any atom is -0.383 e. The zero-order chi connectivity index (χ0) is 12.3. The normalized spacial score (nSPS) is 12.6. The molecule has 0 aliphatic carbocycles. The molecule has 2 rings (SSSR count). The van der Waals surface area contributed by atoms with Crippen LogP contribution in [0, 0.1) is 0 Å². The summed E-state index contributed by atoms with van der Waals surface area (Å²) in [6.45, 7) is 0. The summed E-state index contributed by atoms with van der Waals surface area (Å²) >= 11 is 0. The van der Waals surface area contributed by atoms with E-state index in [2.05, 4.69) is 15.4 Å². The van der Waals surface area contributed by atoms with Crippen molar-refractivity contribution in [3.8, 4) is 0 Å². The predicted molar refractivity (Wildman–Crippen MR) is 67.4 cm³/mol. The van der Waals surface area contributed by atoms with Crippen LogP contribution in [-0.4, -0.2) is 21.8 Å². The minimum absolute atomic E-state index is 0.155. The van der Waals surface area contributed by atoms with Gasteiger partial charge in [-0.1, -0.05) is 6.07 Å². The number of aryl methyl sites for hydroxylation is 1. The van der Waals surface area contributed by atoms with E-state index in [-0.39, 0.29) is 6.04 Å². The quantitative estimate of drug-likeness (QED) is 0.820. The number of nitrogens with one attached hydrogen (secondary N) is 1. The van der Waals surface area contributed by atoms with Gasteiger partial charge in [0.25, 0.3) is 0 Å². The fraction of sp³-hybridized carbons (Fsp3) is 0.333. The monoisotopic (exact) mass is 231 g/mol. The maximum atomic E-state index is 5.84. The van der Waals surface area contributed by atoms with E-state index < -0.39 is 0 Å². The van der Waals surface area contributed by atoms with E-state index in [9.17, 15) is 0 Å². The Bertz CT molecular complexity index is 491. The molecule has 2 aromatic heterocycles. The Kier molecular flexibility index (Phi) is 3.39. The van der Waals surface area contributed by atoms with Crippen LogP contribution in [0.1, 0.15) is 17.3 Å². The van der Waals surface area contributed by atoms with Gasteiger partial charge in [0.15, 0.2) is 0 Å². The summed E-state index contributed by atoms with van der Waals surface area (Å²) in [7, 11) is 3.83. The van der Waals surface area contributed by atoms with Crippen molar-refractivity contribution in [1.82, 2.24) is 20.1 Å². The Morgan fingerprint density at radius 2 is 2.29 bits per heavy atom. The van der Waals surface area contributed by atoms with Gasteiger partial charge in [-0.05, 0) is 31.2 Å². The van der Waals surface area contributed by atoms with Gasteiger partial charge in [-0.2, -0.15) is 5.10 Å². The average molecular weight is 231 g/mol. The maximum absolute atomic E-state index is 5.84. The summed E-state index contributed by atoms with van der Waals surface area (Å²) in [5.41, 5.74) is 7.89. The highest BCUT2D eigenvalue weighted by molar-refractivity contribution is 5.39. The molecule has 0 aliphatic heterocycles. The van der Waals surface area contributed by atoms with E-state index in [1.807, 2.05) is 38.5 Å². The maximum Gasteiger partial charge on any atom is 0.126 e. The molecule has 0 radical (unpaired) electrons. The van der Waals surface area contributed by atoms with Crippen LogP contribution in [0.3, 0.4) is 0 Å². The van der Waals surface area contributed by atoms with E-state index in [1.165, 1.54) is 0 Å². The molecule has 0 saturated heterocycles. The van der Waals surface area contributed by atoms with Gasteiger partial charge in [-0.25, -0.2) is 4.98 Å². The lowest BCUT2D eigenvalue weighted by Crippen LogP contribution is -2.20. The Morgan fingerprint density at radius 3 is 2.88 bits per heavy atom. The van der Waals surface area contributed by atoms with Crippen molar-refractivity contribution in [2.24, 2.45) is 7.05 Å². The lowest BCUT2D eigenvalue weighted by atomic mass is 10.0. The van der Waals surface area contributed by atoms with Crippen molar-refractivity contribution in [3.63, 3.8) is 0 Å². The van der Waals surface area contributed by atoms with Gasteiger partial charge in [0, 0.05) is 19.4 Å².